The predicted octanol–water partition coefficient (Wildman–Crippen LogP) is 5.48. The molecule has 0 aliphatic carbocycles. The molecule has 0 saturated carbocycles. The van der Waals surface area contributed by atoms with Gasteiger partial charge in [-0.05, 0) is 47.6 Å². The summed E-state index contributed by atoms with van der Waals surface area (Å²) in [5.41, 5.74) is 5.09. The molecule has 98 valence electrons. The van der Waals surface area contributed by atoms with Crippen LogP contribution >= 0.6 is 0 Å². The van der Waals surface area contributed by atoms with E-state index >= 15 is 0 Å². The second-order valence-corrected chi connectivity index (χ2v) is 5.39. The second kappa shape index (κ2) is 4.11. The zero-order valence-electron chi connectivity index (χ0n) is 11.7. The third-order valence-corrected chi connectivity index (χ3v) is 4.18. The molecular weight excluding hydrogens is 244 g/mol. The minimum Gasteiger partial charge on any atom is -0.456 e. The zero-order chi connectivity index (χ0) is 13.7. The van der Waals surface area contributed by atoms with E-state index in [9.17, 15) is 0 Å². The van der Waals surface area contributed by atoms with Crippen molar-refractivity contribution in [3.63, 3.8) is 0 Å². The van der Waals surface area contributed by atoms with Crippen LogP contribution in [0, 0.1) is 6.92 Å². The van der Waals surface area contributed by atoms with E-state index in [0.29, 0.717) is 0 Å². The van der Waals surface area contributed by atoms with Crippen LogP contribution in [0.5, 0.6) is 11.5 Å². The highest BCUT2D eigenvalue weighted by Gasteiger charge is 2.20. The molecule has 0 bridgehead atoms. The van der Waals surface area contributed by atoms with Gasteiger partial charge >= 0.3 is 0 Å². The smallest absolute Gasteiger partial charge is 0.135 e. The van der Waals surface area contributed by atoms with Gasteiger partial charge in [-0.1, -0.05) is 43.3 Å². The zero-order valence-corrected chi connectivity index (χ0v) is 11.7. The van der Waals surface area contributed by atoms with Gasteiger partial charge in [0.05, 0.1) is 0 Å². The van der Waals surface area contributed by atoms with Gasteiger partial charge < -0.3 is 4.74 Å². The van der Waals surface area contributed by atoms with Crippen LogP contribution in [0.1, 0.15) is 18.1 Å². The van der Waals surface area contributed by atoms with E-state index in [0.717, 1.165) is 17.9 Å². The van der Waals surface area contributed by atoms with Crippen molar-refractivity contribution in [2.45, 2.75) is 20.3 Å². The number of ether oxygens (including phenoxy) is 1. The average Bonchev–Trinajstić information content (AvgIpc) is 2.50. The van der Waals surface area contributed by atoms with Crippen molar-refractivity contribution >= 4 is 10.8 Å². The first-order valence-electron chi connectivity index (χ1n) is 7.11. The molecule has 1 aliphatic rings. The topological polar surface area (TPSA) is 9.23 Å². The molecule has 0 amide bonds. The first-order valence-corrected chi connectivity index (χ1v) is 7.11. The Morgan fingerprint density at radius 3 is 2.65 bits per heavy atom. The fourth-order valence-electron chi connectivity index (χ4n) is 3.04. The molecular formula is C19H16O. The minimum absolute atomic E-state index is 0.974. The highest BCUT2D eigenvalue weighted by molar-refractivity contribution is 6.05. The molecule has 3 aromatic rings. The first-order chi connectivity index (χ1) is 9.78. The fraction of sp³-hybridized carbons (Fsp3) is 0.158. The Hall–Kier alpha value is -2.28. The van der Waals surface area contributed by atoms with Crippen molar-refractivity contribution in [1.82, 2.24) is 0 Å². The Kier molecular flexibility index (Phi) is 2.37. The van der Waals surface area contributed by atoms with Gasteiger partial charge in [-0.25, -0.2) is 0 Å². The molecule has 0 radical (unpaired) electrons. The monoisotopic (exact) mass is 260 g/mol. The lowest BCUT2D eigenvalue weighted by Crippen LogP contribution is -1.98. The quantitative estimate of drug-likeness (QED) is 0.440. The molecule has 1 heteroatoms. The number of benzene rings is 3. The van der Waals surface area contributed by atoms with Gasteiger partial charge in [0, 0.05) is 10.9 Å². The van der Waals surface area contributed by atoms with Crippen molar-refractivity contribution in [2.75, 3.05) is 0 Å². The third kappa shape index (κ3) is 1.50. The van der Waals surface area contributed by atoms with Gasteiger partial charge in [-0.3, -0.25) is 0 Å². The summed E-state index contributed by atoms with van der Waals surface area (Å²) in [4.78, 5) is 0. The Morgan fingerprint density at radius 1 is 0.900 bits per heavy atom. The van der Waals surface area contributed by atoms with Crippen LogP contribution in [0.15, 0.2) is 48.5 Å². The third-order valence-electron chi connectivity index (χ3n) is 4.18. The van der Waals surface area contributed by atoms with Crippen LogP contribution in [0.25, 0.3) is 21.9 Å². The molecule has 4 rings (SSSR count). The van der Waals surface area contributed by atoms with E-state index in [2.05, 4.69) is 62.4 Å². The van der Waals surface area contributed by atoms with Gasteiger partial charge in [0.25, 0.3) is 0 Å². The second-order valence-electron chi connectivity index (χ2n) is 5.39. The fourth-order valence-corrected chi connectivity index (χ4v) is 3.04. The molecule has 1 nitrogen and oxygen atoms in total. The average molecular weight is 260 g/mol. The van der Waals surface area contributed by atoms with Crippen LogP contribution in [-0.2, 0) is 6.42 Å². The maximum absolute atomic E-state index is 6.15. The van der Waals surface area contributed by atoms with Crippen LogP contribution in [0.4, 0.5) is 0 Å². The summed E-state index contributed by atoms with van der Waals surface area (Å²) in [5, 5.41) is 2.52. The summed E-state index contributed by atoms with van der Waals surface area (Å²) in [6.45, 7) is 4.32. The van der Waals surface area contributed by atoms with Crippen LogP contribution in [0.2, 0.25) is 0 Å². The Labute approximate surface area is 118 Å². The van der Waals surface area contributed by atoms with E-state index in [1.807, 2.05) is 0 Å². The SMILES string of the molecule is CCc1ccc2c(c1)Oc1ccc(C)c3cccc-2c13. The summed E-state index contributed by atoms with van der Waals surface area (Å²) in [7, 11) is 0. The summed E-state index contributed by atoms with van der Waals surface area (Å²) in [6, 6.07) is 17.3. The van der Waals surface area contributed by atoms with Crippen molar-refractivity contribution in [1.29, 1.82) is 0 Å². The Balaban J connectivity index is 2.10. The van der Waals surface area contributed by atoms with Crippen molar-refractivity contribution in [3.05, 3.63) is 59.7 Å². The maximum Gasteiger partial charge on any atom is 0.135 e. The Morgan fingerprint density at radius 2 is 1.80 bits per heavy atom. The molecule has 3 aromatic carbocycles. The summed E-state index contributed by atoms with van der Waals surface area (Å²) < 4.78 is 6.15. The van der Waals surface area contributed by atoms with Gasteiger partial charge in [-0.2, -0.15) is 0 Å². The van der Waals surface area contributed by atoms with Crippen molar-refractivity contribution in [2.24, 2.45) is 0 Å². The van der Waals surface area contributed by atoms with E-state index in [1.54, 1.807) is 0 Å². The maximum atomic E-state index is 6.15. The number of fused-ring (bicyclic) bond motifs is 2. The van der Waals surface area contributed by atoms with Gasteiger partial charge in [-0.15, -0.1) is 0 Å². The highest BCUT2D eigenvalue weighted by atomic mass is 16.5. The van der Waals surface area contributed by atoms with Gasteiger partial charge in [0.15, 0.2) is 0 Å². The highest BCUT2D eigenvalue weighted by Crippen LogP contribution is 2.47. The molecule has 0 unspecified atom stereocenters. The van der Waals surface area contributed by atoms with Crippen LogP contribution < -0.4 is 4.74 Å². The molecule has 0 fully saturated rings. The van der Waals surface area contributed by atoms with Crippen LogP contribution in [-0.4, -0.2) is 0 Å². The molecule has 20 heavy (non-hydrogen) atoms. The number of rotatable bonds is 1. The molecule has 0 N–H and O–H groups in total. The molecule has 0 saturated heterocycles. The summed E-state index contributed by atoms with van der Waals surface area (Å²) in [5.74, 6) is 1.95. The van der Waals surface area contributed by atoms with E-state index < -0.39 is 0 Å². The first kappa shape index (κ1) is 11.5. The van der Waals surface area contributed by atoms with E-state index in [1.165, 1.54) is 33.0 Å². The number of hydrogen-bond donors (Lipinski definition) is 0. The van der Waals surface area contributed by atoms with Crippen LogP contribution in [0.3, 0.4) is 0 Å². The van der Waals surface area contributed by atoms with Gasteiger partial charge in [0.2, 0.25) is 0 Å². The molecule has 0 spiro atoms. The van der Waals surface area contributed by atoms with Crippen molar-refractivity contribution in [3.8, 4) is 22.6 Å². The molecule has 1 heterocycles. The number of hydrogen-bond acceptors (Lipinski definition) is 1. The summed E-state index contributed by atoms with van der Waals surface area (Å²) in [6.07, 6.45) is 1.03. The lowest BCUT2D eigenvalue weighted by molar-refractivity contribution is 0.486. The lowest BCUT2D eigenvalue weighted by Gasteiger charge is -2.22. The Bertz CT molecular complexity index is 831. The normalized spacial score (nSPS) is 12.1. The minimum atomic E-state index is 0.974. The standard InChI is InChI=1S/C19H16O/c1-3-13-8-9-15-16-6-4-5-14-12(2)7-10-17(19(14)16)20-18(15)11-13/h4-11H,3H2,1-2H3. The molecule has 0 aromatic heterocycles. The summed E-state index contributed by atoms with van der Waals surface area (Å²) >= 11 is 0. The largest absolute Gasteiger partial charge is 0.456 e. The van der Waals surface area contributed by atoms with E-state index in [-0.39, 0.29) is 0 Å². The number of aryl methyl sites for hydroxylation is 2. The van der Waals surface area contributed by atoms with E-state index in [4.69, 9.17) is 4.74 Å². The van der Waals surface area contributed by atoms with Crippen molar-refractivity contribution < 1.29 is 4.74 Å². The molecule has 1 aliphatic heterocycles. The molecule has 0 atom stereocenters. The van der Waals surface area contributed by atoms with Gasteiger partial charge in [0.1, 0.15) is 11.5 Å². The lowest BCUT2D eigenvalue weighted by atomic mass is 9.92. The predicted molar refractivity (Wildman–Crippen MR) is 83.6 cm³/mol.